The van der Waals surface area contributed by atoms with Gasteiger partial charge in [-0.3, -0.25) is 4.79 Å². The summed E-state index contributed by atoms with van der Waals surface area (Å²) in [6.45, 7) is 5.79. The Morgan fingerprint density at radius 2 is 1.73 bits per heavy atom. The predicted molar refractivity (Wildman–Crippen MR) is 61.5 cm³/mol. The van der Waals surface area contributed by atoms with Gasteiger partial charge in [0.15, 0.2) is 0 Å². The van der Waals surface area contributed by atoms with Crippen molar-refractivity contribution in [2.45, 2.75) is 46.1 Å². The number of amides is 1. The van der Waals surface area contributed by atoms with Gasteiger partial charge in [0.1, 0.15) is 9.84 Å². The van der Waals surface area contributed by atoms with E-state index in [-0.39, 0.29) is 23.5 Å². The highest BCUT2D eigenvalue weighted by Gasteiger charge is 2.23. The minimum atomic E-state index is -2.81. The van der Waals surface area contributed by atoms with Crippen molar-refractivity contribution in [1.29, 1.82) is 0 Å². The van der Waals surface area contributed by atoms with Crippen molar-refractivity contribution in [3.8, 4) is 0 Å². The molecule has 15 heavy (non-hydrogen) atoms. The van der Waals surface area contributed by atoms with Gasteiger partial charge in [-0.25, -0.2) is 8.42 Å². The smallest absolute Gasteiger partial charge is 0.219 e. The quantitative estimate of drug-likeness (QED) is 0.780. The van der Waals surface area contributed by atoms with Gasteiger partial charge >= 0.3 is 0 Å². The molecule has 0 unspecified atom stereocenters. The third-order valence-electron chi connectivity index (χ3n) is 2.24. The average molecular weight is 235 g/mol. The van der Waals surface area contributed by atoms with Gasteiger partial charge in [-0.1, -0.05) is 20.8 Å². The zero-order chi connectivity index (χ0) is 11.9. The molecule has 1 aliphatic heterocycles. The Bertz CT molecular complexity index is 271. The molecule has 0 aromatic rings. The Morgan fingerprint density at radius 3 is 2.13 bits per heavy atom. The van der Waals surface area contributed by atoms with Crippen LogP contribution in [-0.4, -0.2) is 31.9 Å². The number of hydrogen-bond acceptors (Lipinski definition) is 3. The summed E-state index contributed by atoms with van der Waals surface area (Å²) >= 11 is 0. The van der Waals surface area contributed by atoms with Crippen LogP contribution in [-0.2, 0) is 14.6 Å². The molecule has 1 aliphatic rings. The van der Waals surface area contributed by atoms with Crippen LogP contribution in [0.2, 0.25) is 0 Å². The number of rotatable bonds is 2. The van der Waals surface area contributed by atoms with Gasteiger partial charge in [-0.05, 0) is 12.8 Å². The molecule has 1 saturated heterocycles. The van der Waals surface area contributed by atoms with E-state index in [1.54, 1.807) is 6.92 Å². The molecule has 1 N–H and O–H groups in total. The molecule has 4 nitrogen and oxygen atoms in total. The van der Waals surface area contributed by atoms with Gasteiger partial charge in [-0.15, -0.1) is 0 Å². The topological polar surface area (TPSA) is 63.2 Å². The van der Waals surface area contributed by atoms with Crippen LogP contribution in [0.25, 0.3) is 0 Å². The average Bonchev–Trinajstić information content (AvgIpc) is 2.24. The number of carbonyl (C=O) groups excluding carboxylic acids is 1. The number of nitrogens with one attached hydrogen (secondary N) is 1. The van der Waals surface area contributed by atoms with Crippen LogP contribution in [0.1, 0.15) is 40.0 Å². The van der Waals surface area contributed by atoms with Crippen LogP contribution < -0.4 is 5.32 Å². The van der Waals surface area contributed by atoms with E-state index in [1.807, 2.05) is 13.8 Å². The monoisotopic (exact) mass is 235 g/mol. The molecule has 1 fully saturated rings. The third kappa shape index (κ3) is 5.77. The first-order chi connectivity index (χ1) is 7.03. The van der Waals surface area contributed by atoms with Crippen LogP contribution in [0.4, 0.5) is 0 Å². The van der Waals surface area contributed by atoms with E-state index in [4.69, 9.17) is 0 Å². The summed E-state index contributed by atoms with van der Waals surface area (Å²) in [6, 6.07) is 0.0657. The normalized spacial score (nSPS) is 19.9. The summed E-state index contributed by atoms with van der Waals surface area (Å²) in [5.41, 5.74) is 0. The van der Waals surface area contributed by atoms with E-state index in [9.17, 15) is 13.2 Å². The lowest BCUT2D eigenvalue weighted by Crippen LogP contribution is -2.40. The van der Waals surface area contributed by atoms with E-state index in [2.05, 4.69) is 5.32 Å². The fraction of sp³-hybridized carbons (Fsp3) is 0.900. The van der Waals surface area contributed by atoms with Crippen molar-refractivity contribution in [2.24, 2.45) is 0 Å². The summed E-state index contributed by atoms with van der Waals surface area (Å²) in [6.07, 6.45) is 1.59. The molecule has 0 spiro atoms. The molecule has 1 amide bonds. The van der Waals surface area contributed by atoms with Crippen molar-refractivity contribution in [2.75, 3.05) is 11.5 Å². The van der Waals surface area contributed by atoms with Crippen LogP contribution in [0.15, 0.2) is 0 Å². The maximum atomic E-state index is 11.0. The lowest BCUT2D eigenvalue weighted by molar-refractivity contribution is -0.121. The second kappa shape index (κ2) is 6.82. The van der Waals surface area contributed by atoms with Gasteiger partial charge in [0.2, 0.25) is 5.91 Å². The zero-order valence-corrected chi connectivity index (χ0v) is 10.6. The minimum absolute atomic E-state index is 0.00398. The van der Waals surface area contributed by atoms with Crippen LogP contribution >= 0.6 is 0 Å². The molecule has 0 atom stereocenters. The van der Waals surface area contributed by atoms with Gasteiger partial charge < -0.3 is 5.32 Å². The Morgan fingerprint density at radius 1 is 1.27 bits per heavy atom. The summed E-state index contributed by atoms with van der Waals surface area (Å²) < 4.78 is 22.1. The summed E-state index contributed by atoms with van der Waals surface area (Å²) in [5, 5.41) is 2.80. The number of carbonyl (C=O) groups is 1. The fourth-order valence-corrected chi connectivity index (χ4v) is 2.86. The van der Waals surface area contributed by atoms with Crippen molar-refractivity contribution in [1.82, 2.24) is 5.32 Å². The zero-order valence-electron chi connectivity index (χ0n) is 9.75. The number of sulfone groups is 1. The lowest BCUT2D eigenvalue weighted by atomic mass is 10.1. The lowest BCUT2D eigenvalue weighted by Gasteiger charge is -2.22. The third-order valence-corrected chi connectivity index (χ3v) is 3.96. The summed E-state index contributed by atoms with van der Waals surface area (Å²) in [5.74, 6) is 0.424. The van der Waals surface area contributed by atoms with Crippen molar-refractivity contribution in [3.63, 3.8) is 0 Å². The van der Waals surface area contributed by atoms with Crippen LogP contribution in [0.5, 0.6) is 0 Å². The first-order valence-corrected chi connectivity index (χ1v) is 7.35. The van der Waals surface area contributed by atoms with Crippen LogP contribution in [0, 0.1) is 0 Å². The molecular formula is C10H21NO3S. The molecule has 0 aliphatic carbocycles. The minimum Gasteiger partial charge on any atom is -0.353 e. The van der Waals surface area contributed by atoms with Crippen LogP contribution in [0.3, 0.4) is 0 Å². The maximum absolute atomic E-state index is 11.0. The molecule has 0 aromatic heterocycles. The Kier molecular flexibility index (Phi) is 6.56. The van der Waals surface area contributed by atoms with Crippen molar-refractivity contribution >= 4 is 15.7 Å². The Labute approximate surface area is 92.4 Å². The Balaban J connectivity index is 0.000000921. The van der Waals surface area contributed by atoms with Gasteiger partial charge in [0.05, 0.1) is 11.5 Å². The molecule has 5 heteroatoms. The second-order valence-corrected chi connectivity index (χ2v) is 5.65. The van der Waals surface area contributed by atoms with E-state index in [0.29, 0.717) is 19.3 Å². The predicted octanol–water partition coefficient (Wildman–Crippen LogP) is 1.12. The standard InChI is InChI=1S/C8H15NO3S.C2H6/c1-2-8(10)9-7-3-5-13(11,12)6-4-7;1-2/h7H,2-6H2,1H3,(H,9,10);1-2H3. The highest BCUT2D eigenvalue weighted by atomic mass is 32.2. The van der Waals surface area contributed by atoms with Crippen molar-refractivity contribution < 1.29 is 13.2 Å². The SMILES string of the molecule is CC.CCC(=O)NC1CCS(=O)(=O)CC1. The fourth-order valence-electron chi connectivity index (χ4n) is 1.36. The van der Waals surface area contributed by atoms with Gasteiger partial charge in [0, 0.05) is 12.5 Å². The largest absolute Gasteiger partial charge is 0.353 e. The molecule has 0 bridgehead atoms. The summed E-state index contributed by atoms with van der Waals surface area (Å²) in [4.78, 5) is 11.0. The van der Waals surface area contributed by atoms with Gasteiger partial charge in [-0.2, -0.15) is 0 Å². The van der Waals surface area contributed by atoms with E-state index in [0.717, 1.165) is 0 Å². The highest BCUT2D eigenvalue weighted by molar-refractivity contribution is 7.91. The molecular weight excluding hydrogens is 214 g/mol. The Hall–Kier alpha value is -0.580. The first kappa shape index (κ1) is 14.4. The molecule has 90 valence electrons. The van der Waals surface area contributed by atoms with E-state index in [1.165, 1.54) is 0 Å². The second-order valence-electron chi connectivity index (χ2n) is 3.35. The first-order valence-electron chi connectivity index (χ1n) is 5.53. The molecule has 0 radical (unpaired) electrons. The maximum Gasteiger partial charge on any atom is 0.219 e. The molecule has 1 heterocycles. The van der Waals surface area contributed by atoms with Crippen molar-refractivity contribution in [3.05, 3.63) is 0 Å². The van der Waals surface area contributed by atoms with Gasteiger partial charge in [0.25, 0.3) is 0 Å². The molecule has 1 rings (SSSR count). The highest BCUT2D eigenvalue weighted by Crippen LogP contribution is 2.11. The molecule has 0 saturated carbocycles. The number of hydrogen-bond donors (Lipinski definition) is 1. The van der Waals surface area contributed by atoms with E-state index < -0.39 is 9.84 Å². The van der Waals surface area contributed by atoms with E-state index >= 15 is 0 Å². The molecule has 0 aromatic carbocycles. The summed E-state index contributed by atoms with van der Waals surface area (Å²) in [7, 11) is -2.81.